The molecule has 0 radical (unpaired) electrons. The lowest BCUT2D eigenvalue weighted by molar-refractivity contribution is -0.121. The number of halogens is 1. The SMILES string of the molecule is CNCc1cc(F)cc(OCC(=O)NC(N)=O)c1. The number of rotatable bonds is 5. The van der Waals surface area contributed by atoms with Crippen molar-refractivity contribution in [1.29, 1.82) is 0 Å². The number of nitrogens with one attached hydrogen (secondary N) is 2. The zero-order valence-electron chi connectivity index (χ0n) is 9.83. The number of nitrogens with two attached hydrogens (primary N) is 1. The largest absolute Gasteiger partial charge is 0.484 e. The van der Waals surface area contributed by atoms with Gasteiger partial charge in [0.05, 0.1) is 0 Å². The van der Waals surface area contributed by atoms with Crippen LogP contribution in [0.4, 0.5) is 9.18 Å². The summed E-state index contributed by atoms with van der Waals surface area (Å²) in [5.41, 5.74) is 5.44. The Labute approximate surface area is 103 Å². The number of urea groups is 1. The Morgan fingerprint density at radius 1 is 1.39 bits per heavy atom. The van der Waals surface area contributed by atoms with Crippen LogP contribution in [0, 0.1) is 5.82 Å². The van der Waals surface area contributed by atoms with Crippen LogP contribution in [0.1, 0.15) is 5.56 Å². The molecule has 0 bridgehead atoms. The lowest BCUT2D eigenvalue weighted by Gasteiger charge is -2.08. The summed E-state index contributed by atoms with van der Waals surface area (Å²) in [6.07, 6.45) is 0. The van der Waals surface area contributed by atoms with Crippen molar-refractivity contribution >= 4 is 11.9 Å². The number of primary amides is 1. The van der Waals surface area contributed by atoms with Crippen LogP contribution in [0.3, 0.4) is 0 Å². The van der Waals surface area contributed by atoms with Gasteiger partial charge in [-0.25, -0.2) is 9.18 Å². The van der Waals surface area contributed by atoms with Gasteiger partial charge in [0.25, 0.3) is 5.91 Å². The van der Waals surface area contributed by atoms with Crippen molar-refractivity contribution in [2.24, 2.45) is 5.73 Å². The summed E-state index contributed by atoms with van der Waals surface area (Å²) in [5.74, 6) is -0.949. The fraction of sp³-hybridized carbons (Fsp3) is 0.273. The fourth-order valence-electron chi connectivity index (χ4n) is 1.33. The molecule has 7 heteroatoms. The van der Waals surface area contributed by atoms with E-state index in [9.17, 15) is 14.0 Å². The average Bonchev–Trinajstić information content (AvgIpc) is 2.25. The van der Waals surface area contributed by atoms with Gasteiger partial charge in [0.15, 0.2) is 6.61 Å². The van der Waals surface area contributed by atoms with E-state index in [4.69, 9.17) is 10.5 Å². The zero-order chi connectivity index (χ0) is 13.5. The van der Waals surface area contributed by atoms with Gasteiger partial charge in [-0.1, -0.05) is 0 Å². The van der Waals surface area contributed by atoms with Crippen LogP contribution in [0.5, 0.6) is 5.75 Å². The topological polar surface area (TPSA) is 93.4 Å². The van der Waals surface area contributed by atoms with E-state index in [1.54, 1.807) is 13.1 Å². The Morgan fingerprint density at radius 2 is 2.11 bits per heavy atom. The Hall–Kier alpha value is -2.15. The normalized spacial score (nSPS) is 9.89. The van der Waals surface area contributed by atoms with Gasteiger partial charge in [-0.05, 0) is 24.7 Å². The molecule has 18 heavy (non-hydrogen) atoms. The molecule has 4 N–H and O–H groups in total. The molecule has 0 saturated carbocycles. The molecule has 1 rings (SSSR count). The minimum Gasteiger partial charge on any atom is -0.484 e. The number of hydrogen-bond acceptors (Lipinski definition) is 4. The monoisotopic (exact) mass is 255 g/mol. The first kappa shape index (κ1) is 13.9. The highest BCUT2D eigenvalue weighted by molar-refractivity contribution is 5.94. The van der Waals surface area contributed by atoms with E-state index in [1.807, 2.05) is 5.32 Å². The van der Waals surface area contributed by atoms with Crippen molar-refractivity contribution in [3.63, 3.8) is 0 Å². The van der Waals surface area contributed by atoms with E-state index < -0.39 is 24.4 Å². The molecular formula is C11H14FN3O3. The minimum atomic E-state index is -0.960. The van der Waals surface area contributed by atoms with Crippen molar-refractivity contribution < 1.29 is 18.7 Å². The quantitative estimate of drug-likeness (QED) is 0.696. The van der Waals surface area contributed by atoms with Gasteiger partial charge in [-0.3, -0.25) is 10.1 Å². The predicted molar refractivity (Wildman–Crippen MR) is 62.4 cm³/mol. The van der Waals surface area contributed by atoms with Gasteiger partial charge in [0, 0.05) is 12.6 Å². The second kappa shape index (κ2) is 6.55. The third kappa shape index (κ3) is 4.79. The van der Waals surface area contributed by atoms with Gasteiger partial charge in [0.1, 0.15) is 11.6 Å². The predicted octanol–water partition coefficient (Wildman–Crippen LogP) is 0.119. The molecular weight excluding hydrogens is 241 g/mol. The molecule has 3 amide bonds. The molecule has 0 aliphatic carbocycles. The number of ether oxygens (including phenoxy) is 1. The van der Waals surface area contributed by atoms with Gasteiger partial charge >= 0.3 is 6.03 Å². The van der Waals surface area contributed by atoms with Crippen molar-refractivity contribution in [1.82, 2.24) is 10.6 Å². The van der Waals surface area contributed by atoms with Crippen molar-refractivity contribution in [3.8, 4) is 5.75 Å². The van der Waals surface area contributed by atoms with Crippen LogP contribution in [-0.2, 0) is 11.3 Å². The van der Waals surface area contributed by atoms with E-state index in [0.29, 0.717) is 12.1 Å². The van der Waals surface area contributed by atoms with Gasteiger partial charge in [-0.2, -0.15) is 0 Å². The van der Waals surface area contributed by atoms with Crippen LogP contribution in [0.2, 0.25) is 0 Å². The highest BCUT2D eigenvalue weighted by Crippen LogP contribution is 2.16. The first-order valence-electron chi connectivity index (χ1n) is 5.17. The molecule has 98 valence electrons. The van der Waals surface area contributed by atoms with Gasteiger partial charge < -0.3 is 15.8 Å². The first-order chi connectivity index (χ1) is 8.51. The maximum absolute atomic E-state index is 13.2. The van der Waals surface area contributed by atoms with Crippen molar-refractivity contribution in [3.05, 3.63) is 29.6 Å². The third-order valence-corrected chi connectivity index (χ3v) is 1.94. The van der Waals surface area contributed by atoms with E-state index in [2.05, 4.69) is 5.32 Å². The summed E-state index contributed by atoms with van der Waals surface area (Å²) in [5, 5.41) is 4.70. The smallest absolute Gasteiger partial charge is 0.318 e. The first-order valence-corrected chi connectivity index (χ1v) is 5.17. The number of carbonyl (C=O) groups is 2. The Morgan fingerprint density at radius 3 is 2.72 bits per heavy atom. The summed E-state index contributed by atoms with van der Waals surface area (Å²) in [4.78, 5) is 21.5. The lowest BCUT2D eigenvalue weighted by atomic mass is 10.2. The van der Waals surface area contributed by atoms with E-state index in [1.165, 1.54) is 6.07 Å². The van der Waals surface area contributed by atoms with Crippen LogP contribution >= 0.6 is 0 Å². The molecule has 0 aliphatic rings. The summed E-state index contributed by atoms with van der Waals surface area (Å²) in [7, 11) is 1.73. The fourth-order valence-corrected chi connectivity index (χ4v) is 1.33. The van der Waals surface area contributed by atoms with Crippen LogP contribution in [-0.4, -0.2) is 25.6 Å². The number of carbonyl (C=O) groups excluding carboxylic acids is 2. The molecule has 0 aromatic heterocycles. The summed E-state index contributed by atoms with van der Waals surface area (Å²) < 4.78 is 18.3. The maximum atomic E-state index is 13.2. The second-order valence-electron chi connectivity index (χ2n) is 3.53. The van der Waals surface area contributed by atoms with E-state index >= 15 is 0 Å². The zero-order valence-corrected chi connectivity index (χ0v) is 9.83. The van der Waals surface area contributed by atoms with Gasteiger partial charge in [-0.15, -0.1) is 0 Å². The molecule has 0 heterocycles. The van der Waals surface area contributed by atoms with E-state index in [-0.39, 0.29) is 5.75 Å². The van der Waals surface area contributed by atoms with Crippen molar-refractivity contribution in [2.75, 3.05) is 13.7 Å². The van der Waals surface area contributed by atoms with Crippen LogP contribution in [0.15, 0.2) is 18.2 Å². The Kier molecular flexibility index (Phi) is 5.06. The molecule has 0 spiro atoms. The second-order valence-corrected chi connectivity index (χ2v) is 3.53. The molecule has 1 aromatic rings. The molecule has 0 saturated heterocycles. The molecule has 0 unspecified atom stereocenters. The Balaban J connectivity index is 2.61. The number of hydrogen-bond donors (Lipinski definition) is 3. The Bertz CT molecular complexity index is 451. The summed E-state index contributed by atoms with van der Waals surface area (Å²) in [6.45, 7) is 0.0625. The van der Waals surface area contributed by atoms with Gasteiger partial charge in [0.2, 0.25) is 0 Å². The molecule has 1 aromatic carbocycles. The molecule has 6 nitrogen and oxygen atoms in total. The number of benzene rings is 1. The number of imide groups is 1. The highest BCUT2D eigenvalue weighted by Gasteiger charge is 2.07. The molecule has 0 atom stereocenters. The van der Waals surface area contributed by atoms with Crippen LogP contribution < -0.4 is 21.1 Å². The highest BCUT2D eigenvalue weighted by atomic mass is 19.1. The van der Waals surface area contributed by atoms with E-state index in [0.717, 1.165) is 6.07 Å². The molecule has 0 aliphatic heterocycles. The third-order valence-electron chi connectivity index (χ3n) is 1.94. The maximum Gasteiger partial charge on any atom is 0.318 e. The lowest BCUT2D eigenvalue weighted by Crippen LogP contribution is -2.38. The van der Waals surface area contributed by atoms with Crippen LogP contribution in [0.25, 0.3) is 0 Å². The number of amides is 3. The standard InChI is InChI=1S/C11H14FN3O3/c1-14-5-7-2-8(12)4-9(3-7)18-6-10(16)15-11(13)17/h2-4,14H,5-6H2,1H3,(H3,13,15,16,17). The molecule has 0 fully saturated rings. The summed E-state index contributed by atoms with van der Waals surface area (Å²) in [6, 6.07) is 3.14. The minimum absolute atomic E-state index is 0.208. The summed E-state index contributed by atoms with van der Waals surface area (Å²) >= 11 is 0. The average molecular weight is 255 g/mol. The van der Waals surface area contributed by atoms with Crippen molar-refractivity contribution in [2.45, 2.75) is 6.54 Å².